The van der Waals surface area contributed by atoms with Gasteiger partial charge in [-0.25, -0.2) is 9.59 Å². The van der Waals surface area contributed by atoms with Crippen LogP contribution in [0.15, 0.2) is 206 Å². The molecule has 1 heterocycles. The van der Waals surface area contributed by atoms with Gasteiger partial charge in [0.25, 0.3) is 0 Å². The first kappa shape index (κ1) is 89.0. The summed E-state index contributed by atoms with van der Waals surface area (Å²) in [6, 6.07) is 54.8. The Balaban J connectivity index is 1.12. The van der Waals surface area contributed by atoms with E-state index >= 15 is 28.8 Å². The van der Waals surface area contributed by atoms with Gasteiger partial charge in [0.1, 0.15) is 65.9 Å². The van der Waals surface area contributed by atoms with Gasteiger partial charge in [0.2, 0.25) is 41.4 Å². The van der Waals surface area contributed by atoms with Crippen molar-refractivity contribution < 1.29 is 66.8 Å². The van der Waals surface area contributed by atoms with E-state index in [-0.39, 0.29) is 38.2 Å². The first-order chi connectivity index (χ1) is 54.6. The second kappa shape index (κ2) is 43.6. The Kier molecular flexibility index (Phi) is 34.1. The molecule has 1 aliphatic rings. The minimum atomic E-state index is -1.82. The zero-order valence-electron chi connectivity index (χ0n) is 68.4. The van der Waals surface area contributed by atoms with E-state index in [1.54, 1.807) is 69.3 Å². The van der Waals surface area contributed by atoms with Crippen LogP contribution in [0, 0.1) is 23.7 Å². The Labute approximate surface area is 673 Å². The zero-order valence-corrected chi connectivity index (χ0v) is 68.4. The van der Waals surface area contributed by atoms with E-state index in [0.29, 0.717) is 68.9 Å². The van der Waals surface area contributed by atoms with Gasteiger partial charge >= 0.3 is 11.9 Å². The van der Waals surface area contributed by atoms with Crippen LogP contribution in [0.4, 0.5) is 0 Å². The Bertz CT molecular complexity index is 4050. The minimum Gasteiger partial charge on any atom is -0.488 e. The Hall–Kier alpha value is -10.6. The average Bonchev–Trinajstić information content (AvgIpc) is 0.815. The van der Waals surface area contributed by atoms with Gasteiger partial charge in [0.05, 0.1) is 19.3 Å². The van der Waals surface area contributed by atoms with Crippen molar-refractivity contribution in [3.63, 3.8) is 0 Å². The third-order valence-corrected chi connectivity index (χ3v) is 20.7. The van der Waals surface area contributed by atoms with Crippen molar-refractivity contribution >= 4 is 53.3 Å². The molecule has 22 heteroatoms. The molecule has 114 heavy (non-hydrogen) atoms. The SMILES string of the molecule is CC[C@H](C)[C@H](NC(=O)[C@H](Cc1ccc(OC(C)(C)C)cc1)N(C)C(=O)[C@@H](NC(=O)[C@H](CCC1OCCO1)N(Cc1ccccc1)Cc1ccccc1)[C@@H](C)CC)C(=O)O[C@H](C)[C@H](NC(=O)[C@H](CCC(=O)NC(c1ccccc1)(c1ccccc1)c1ccccc1)NC(=O)C(C)C)C(=O)N[C@@H](CC(C)C)C(=O)OCc1ccccc1. The summed E-state index contributed by atoms with van der Waals surface area (Å²) in [5.74, 6) is -7.90. The van der Waals surface area contributed by atoms with Crippen molar-refractivity contribution in [1.82, 2.24) is 41.7 Å². The Morgan fingerprint density at radius 2 is 0.939 bits per heavy atom. The fourth-order valence-corrected chi connectivity index (χ4v) is 13.8. The molecular weight excluding hydrogens is 1440 g/mol. The second-order valence-electron chi connectivity index (χ2n) is 31.5. The third kappa shape index (κ3) is 26.3. The van der Waals surface area contributed by atoms with Gasteiger partial charge in [0.15, 0.2) is 6.29 Å². The van der Waals surface area contributed by atoms with Crippen molar-refractivity contribution in [2.24, 2.45) is 23.7 Å². The molecule has 6 N–H and O–H groups in total. The highest BCUT2D eigenvalue weighted by Gasteiger charge is 2.43. The van der Waals surface area contributed by atoms with Crippen LogP contribution >= 0.6 is 0 Å². The first-order valence-corrected chi connectivity index (χ1v) is 40.1. The molecule has 1 fully saturated rings. The van der Waals surface area contributed by atoms with Crippen LogP contribution in [0.2, 0.25) is 0 Å². The van der Waals surface area contributed by atoms with E-state index in [4.69, 9.17) is 23.7 Å². The minimum absolute atomic E-state index is 0.0839. The van der Waals surface area contributed by atoms with Crippen molar-refractivity contribution in [2.45, 2.75) is 220 Å². The maximum absolute atomic E-state index is 15.8. The Morgan fingerprint density at radius 3 is 1.42 bits per heavy atom. The predicted octanol–water partition coefficient (Wildman–Crippen LogP) is 12.2. The number of nitrogens with one attached hydrogen (secondary N) is 6. The molecule has 7 aromatic carbocycles. The van der Waals surface area contributed by atoms with Crippen molar-refractivity contribution in [1.29, 1.82) is 0 Å². The summed E-state index contributed by atoms with van der Waals surface area (Å²) in [5.41, 5.74) is 3.72. The number of benzene rings is 7. The lowest BCUT2D eigenvalue weighted by molar-refractivity contribution is -0.158. The molecule has 7 amide bonds. The van der Waals surface area contributed by atoms with Gasteiger partial charge in [-0.15, -0.1) is 0 Å². The molecule has 0 saturated carbocycles. The quantitative estimate of drug-likeness (QED) is 0.0153. The third-order valence-electron chi connectivity index (χ3n) is 20.7. The Morgan fingerprint density at radius 1 is 0.482 bits per heavy atom. The van der Waals surface area contributed by atoms with E-state index in [0.717, 1.165) is 27.8 Å². The number of nitrogens with zero attached hydrogens (tertiary/aromatic N) is 2. The zero-order chi connectivity index (χ0) is 82.5. The monoisotopic (exact) mass is 1560 g/mol. The molecule has 610 valence electrons. The van der Waals surface area contributed by atoms with Gasteiger partial charge in [-0.05, 0) is 116 Å². The average molecular weight is 1560 g/mol. The van der Waals surface area contributed by atoms with Crippen LogP contribution in [0.25, 0.3) is 0 Å². The molecular formula is C92H118N8O14. The lowest BCUT2D eigenvalue weighted by atomic mass is 9.77. The number of ether oxygens (including phenoxy) is 5. The largest absolute Gasteiger partial charge is 0.488 e. The summed E-state index contributed by atoms with van der Waals surface area (Å²) in [6.07, 6.45) is -1.30. The van der Waals surface area contributed by atoms with Crippen LogP contribution < -0.4 is 36.6 Å². The van der Waals surface area contributed by atoms with Gasteiger partial charge < -0.3 is 60.5 Å². The van der Waals surface area contributed by atoms with Crippen LogP contribution in [0.5, 0.6) is 5.75 Å². The highest BCUT2D eigenvalue weighted by Crippen LogP contribution is 2.37. The fraction of sp³-hybridized carbons (Fsp3) is 0.446. The molecule has 8 rings (SSSR count). The van der Waals surface area contributed by atoms with E-state index in [9.17, 15) is 14.4 Å². The molecule has 0 spiro atoms. The molecule has 22 nitrogen and oxygen atoms in total. The number of esters is 2. The van der Waals surface area contributed by atoms with Crippen LogP contribution in [0.3, 0.4) is 0 Å². The van der Waals surface area contributed by atoms with E-state index in [2.05, 4.69) is 36.8 Å². The number of amides is 7. The van der Waals surface area contributed by atoms with Gasteiger partial charge in [-0.1, -0.05) is 262 Å². The summed E-state index contributed by atoms with van der Waals surface area (Å²) >= 11 is 0. The van der Waals surface area contributed by atoms with Crippen LogP contribution in [0.1, 0.15) is 167 Å². The number of rotatable bonds is 42. The topological polar surface area (TPSA) is 278 Å². The fourth-order valence-electron chi connectivity index (χ4n) is 13.8. The van der Waals surface area contributed by atoms with Crippen LogP contribution in [-0.2, 0) is 93.8 Å². The van der Waals surface area contributed by atoms with Gasteiger partial charge in [-0.2, -0.15) is 0 Å². The highest BCUT2D eigenvalue weighted by atomic mass is 16.7. The number of likely N-dealkylation sites (N-methyl/N-ethyl adjacent to an activating group) is 1. The van der Waals surface area contributed by atoms with E-state index < -0.39 is 137 Å². The summed E-state index contributed by atoms with van der Waals surface area (Å²) < 4.78 is 30.1. The van der Waals surface area contributed by atoms with Gasteiger partial charge in [-0.3, -0.25) is 38.5 Å². The van der Waals surface area contributed by atoms with E-state index in [1.807, 2.05) is 213 Å². The summed E-state index contributed by atoms with van der Waals surface area (Å²) in [5, 5.41) is 17.8. The van der Waals surface area contributed by atoms with Crippen LogP contribution in [-0.4, -0.2) is 144 Å². The number of carbonyl (C=O) groups is 9. The van der Waals surface area contributed by atoms with Crippen molar-refractivity contribution in [3.8, 4) is 5.75 Å². The molecule has 0 unspecified atom stereocenters. The summed E-state index contributed by atoms with van der Waals surface area (Å²) in [6.45, 7) is 23.0. The maximum Gasteiger partial charge on any atom is 0.329 e. The standard InChI is InChI=1S/C92H118N8O14/c1-14-63(7)80(95-85(104)76(51-53-79-110-54-55-111-79)100(58-67-34-22-16-23-35-67)59-68-36-24-17-25-37-68)88(107)99(13)77(57-66-46-48-73(49-47-66)114-91(10,11)12)86(105)96-81(64(8)15-2)90(109)113-65(9)82(87(106)94-75(56-61(3)4)89(108)112-60-69-38-26-18-27-39-69)97-84(103)74(93-83(102)62(5)6)50-52-78(101)98-92(70-40-28-19-29-41-70,71-42-30-20-31-43-71)72-44-32-21-33-45-72/h16-49,61-65,74-77,79-82H,14-15,50-60H2,1-13H3,(H,93,102)(H,94,106)(H,95,104)(H,96,105)(H,97,103)(H,98,101)/t63-,64-,65+,74-,75-,76-,77-,80-,81-,82-/m0/s1. The molecule has 0 radical (unpaired) electrons. The molecule has 0 aromatic heterocycles. The lowest BCUT2D eigenvalue weighted by Crippen LogP contribution is -2.61. The smallest absolute Gasteiger partial charge is 0.329 e. The molecule has 7 aromatic rings. The van der Waals surface area contributed by atoms with Crippen molar-refractivity contribution in [3.05, 3.63) is 245 Å². The highest BCUT2D eigenvalue weighted by molar-refractivity contribution is 5.96. The molecule has 0 bridgehead atoms. The summed E-state index contributed by atoms with van der Waals surface area (Å²) in [7, 11) is 1.50. The number of carbonyl (C=O) groups excluding carboxylic acids is 9. The molecule has 1 saturated heterocycles. The van der Waals surface area contributed by atoms with Gasteiger partial charge in [0, 0.05) is 45.3 Å². The second-order valence-corrected chi connectivity index (χ2v) is 31.5. The molecule has 1 aliphatic heterocycles. The predicted molar refractivity (Wildman–Crippen MR) is 439 cm³/mol. The van der Waals surface area contributed by atoms with Crippen molar-refractivity contribution in [2.75, 3.05) is 20.3 Å². The number of hydrogen-bond donors (Lipinski definition) is 6. The number of hydrogen-bond acceptors (Lipinski definition) is 15. The maximum atomic E-state index is 15.8. The molecule has 10 atom stereocenters. The first-order valence-electron chi connectivity index (χ1n) is 40.1. The van der Waals surface area contributed by atoms with E-state index in [1.165, 1.54) is 18.9 Å². The normalized spacial score (nSPS) is 15.1. The summed E-state index contributed by atoms with van der Waals surface area (Å²) in [4.78, 5) is 139. The lowest BCUT2D eigenvalue weighted by Gasteiger charge is -2.37. The molecule has 0 aliphatic carbocycles.